The van der Waals surface area contributed by atoms with Gasteiger partial charge in [0, 0.05) is 10.9 Å². The Kier molecular flexibility index (Phi) is 6.59. The van der Waals surface area contributed by atoms with E-state index in [1.165, 1.54) is 23.5 Å². The standard InChI is InChI=1S/C18H19F3N2O3S/c1-10(2)7-14(17(25)26)23-15(24)8-13-9-27-16(22-13)11-3-5-12(6-4-11)18(19,20)21/h3-6,9-10,14H,7-8H2,1-2H3,(H,23,24)(H,25,26)/t14-/m0/s1. The number of aromatic nitrogens is 1. The third kappa shape index (κ3) is 6.06. The number of amides is 1. The second-order valence-corrected chi connectivity index (χ2v) is 7.34. The van der Waals surface area contributed by atoms with Gasteiger partial charge in [-0.2, -0.15) is 13.2 Å². The first-order valence-electron chi connectivity index (χ1n) is 8.20. The summed E-state index contributed by atoms with van der Waals surface area (Å²) in [5.41, 5.74) is 0.205. The van der Waals surface area contributed by atoms with Gasteiger partial charge in [-0.3, -0.25) is 4.79 Å². The Hall–Kier alpha value is -2.42. The average molecular weight is 400 g/mol. The summed E-state index contributed by atoms with van der Waals surface area (Å²) in [5, 5.41) is 13.8. The molecule has 1 heterocycles. The van der Waals surface area contributed by atoms with Crippen LogP contribution in [0.5, 0.6) is 0 Å². The van der Waals surface area contributed by atoms with E-state index in [-0.39, 0.29) is 12.3 Å². The van der Waals surface area contributed by atoms with Gasteiger partial charge < -0.3 is 10.4 Å². The second kappa shape index (κ2) is 8.51. The topological polar surface area (TPSA) is 79.3 Å². The summed E-state index contributed by atoms with van der Waals surface area (Å²) in [6.07, 6.45) is -4.19. The van der Waals surface area contributed by atoms with Crippen molar-refractivity contribution in [1.29, 1.82) is 0 Å². The first kappa shape index (κ1) is 20.9. The lowest BCUT2D eigenvalue weighted by Gasteiger charge is -2.16. The number of nitrogens with one attached hydrogen (secondary N) is 1. The minimum Gasteiger partial charge on any atom is -0.480 e. The van der Waals surface area contributed by atoms with E-state index in [2.05, 4.69) is 10.3 Å². The Morgan fingerprint density at radius 3 is 2.37 bits per heavy atom. The lowest BCUT2D eigenvalue weighted by atomic mass is 10.0. The number of aliphatic carboxylic acids is 1. The van der Waals surface area contributed by atoms with Crippen molar-refractivity contribution in [3.05, 3.63) is 40.9 Å². The molecule has 0 aliphatic rings. The molecule has 1 aromatic carbocycles. The highest BCUT2D eigenvalue weighted by molar-refractivity contribution is 7.13. The summed E-state index contributed by atoms with van der Waals surface area (Å²) < 4.78 is 37.8. The van der Waals surface area contributed by atoms with Crippen molar-refractivity contribution in [2.75, 3.05) is 0 Å². The smallest absolute Gasteiger partial charge is 0.416 e. The van der Waals surface area contributed by atoms with Gasteiger partial charge in [0.05, 0.1) is 17.7 Å². The molecule has 2 N–H and O–H groups in total. The summed E-state index contributed by atoms with van der Waals surface area (Å²) in [6.45, 7) is 3.72. The zero-order valence-electron chi connectivity index (χ0n) is 14.7. The lowest BCUT2D eigenvalue weighted by Crippen LogP contribution is -2.42. The maximum atomic E-state index is 12.6. The molecule has 2 rings (SSSR count). The number of alkyl halides is 3. The van der Waals surface area contributed by atoms with Crippen LogP contribution in [0.25, 0.3) is 10.6 Å². The second-order valence-electron chi connectivity index (χ2n) is 6.48. The number of carboxylic acids is 1. The van der Waals surface area contributed by atoms with Crippen molar-refractivity contribution < 1.29 is 27.9 Å². The highest BCUT2D eigenvalue weighted by atomic mass is 32.1. The molecule has 0 bridgehead atoms. The lowest BCUT2D eigenvalue weighted by molar-refractivity contribution is -0.142. The molecule has 9 heteroatoms. The molecule has 1 atom stereocenters. The Morgan fingerprint density at radius 1 is 1.22 bits per heavy atom. The number of nitrogens with zero attached hydrogens (tertiary/aromatic N) is 1. The fraction of sp³-hybridized carbons (Fsp3) is 0.389. The van der Waals surface area contributed by atoms with Crippen molar-refractivity contribution >= 4 is 23.2 Å². The zero-order valence-corrected chi connectivity index (χ0v) is 15.5. The van der Waals surface area contributed by atoms with E-state index < -0.39 is 29.7 Å². The Balaban J connectivity index is 2.03. The van der Waals surface area contributed by atoms with E-state index in [1.807, 2.05) is 13.8 Å². The number of carbonyl (C=O) groups excluding carboxylic acids is 1. The molecule has 0 saturated carbocycles. The minimum atomic E-state index is -4.40. The van der Waals surface area contributed by atoms with Gasteiger partial charge >= 0.3 is 12.1 Å². The van der Waals surface area contributed by atoms with Gasteiger partial charge in [-0.05, 0) is 24.5 Å². The van der Waals surface area contributed by atoms with Crippen molar-refractivity contribution in [3.63, 3.8) is 0 Å². The van der Waals surface area contributed by atoms with Crippen LogP contribution < -0.4 is 5.32 Å². The van der Waals surface area contributed by atoms with E-state index in [0.717, 1.165) is 12.1 Å². The highest BCUT2D eigenvalue weighted by Gasteiger charge is 2.30. The molecule has 0 fully saturated rings. The van der Waals surface area contributed by atoms with Crippen LogP contribution in [0.4, 0.5) is 13.2 Å². The fourth-order valence-corrected chi connectivity index (χ4v) is 3.25. The summed E-state index contributed by atoms with van der Waals surface area (Å²) >= 11 is 1.21. The SMILES string of the molecule is CC(C)C[C@H](NC(=O)Cc1csc(-c2ccc(C(F)(F)F)cc2)n1)C(=O)O. The normalized spacial score (nSPS) is 12.8. The van der Waals surface area contributed by atoms with E-state index in [1.54, 1.807) is 5.38 Å². The van der Waals surface area contributed by atoms with Crippen molar-refractivity contribution in [2.24, 2.45) is 5.92 Å². The molecular weight excluding hydrogens is 381 g/mol. The molecule has 0 unspecified atom stereocenters. The number of rotatable bonds is 7. The number of carbonyl (C=O) groups is 2. The summed E-state index contributed by atoms with van der Waals surface area (Å²) in [6, 6.07) is 3.65. The molecule has 27 heavy (non-hydrogen) atoms. The molecule has 0 aliphatic carbocycles. The highest BCUT2D eigenvalue weighted by Crippen LogP contribution is 2.31. The van der Waals surface area contributed by atoms with Gasteiger partial charge in [-0.1, -0.05) is 26.0 Å². The third-order valence-electron chi connectivity index (χ3n) is 3.69. The number of thiazole rings is 1. The number of carboxylic acid groups (broad SMARTS) is 1. The molecule has 0 radical (unpaired) electrons. The Labute approximate surface area is 158 Å². The quantitative estimate of drug-likeness (QED) is 0.737. The van der Waals surface area contributed by atoms with Crippen LogP contribution in [0, 0.1) is 5.92 Å². The van der Waals surface area contributed by atoms with Crippen LogP contribution in [0.15, 0.2) is 29.6 Å². The van der Waals surface area contributed by atoms with Crippen molar-refractivity contribution in [2.45, 2.75) is 38.9 Å². The molecule has 0 spiro atoms. The third-order valence-corrected chi connectivity index (χ3v) is 4.63. The fourth-order valence-electron chi connectivity index (χ4n) is 2.43. The van der Waals surface area contributed by atoms with Crippen LogP contribution in [-0.2, 0) is 22.2 Å². The van der Waals surface area contributed by atoms with Gasteiger partial charge in [-0.15, -0.1) is 11.3 Å². The number of halogens is 3. The van der Waals surface area contributed by atoms with Crippen molar-refractivity contribution in [1.82, 2.24) is 10.3 Å². The van der Waals surface area contributed by atoms with Gasteiger partial charge in [-0.25, -0.2) is 9.78 Å². The van der Waals surface area contributed by atoms with Crippen LogP contribution in [0.3, 0.4) is 0 Å². The maximum Gasteiger partial charge on any atom is 0.416 e. The van der Waals surface area contributed by atoms with Gasteiger partial charge in [0.1, 0.15) is 11.0 Å². The van der Waals surface area contributed by atoms with Crippen LogP contribution >= 0.6 is 11.3 Å². The molecule has 1 aromatic heterocycles. The average Bonchev–Trinajstić information content (AvgIpc) is 3.01. The van der Waals surface area contributed by atoms with Gasteiger partial charge in [0.15, 0.2) is 0 Å². The molecule has 5 nitrogen and oxygen atoms in total. The van der Waals surface area contributed by atoms with Crippen LogP contribution in [0.1, 0.15) is 31.5 Å². The molecule has 1 amide bonds. The molecular formula is C18H19F3N2O3S. The largest absolute Gasteiger partial charge is 0.480 e. The predicted octanol–water partition coefficient (Wildman–Crippen LogP) is 3.99. The van der Waals surface area contributed by atoms with E-state index in [9.17, 15) is 22.8 Å². The Morgan fingerprint density at radius 2 is 1.85 bits per heavy atom. The summed E-state index contributed by atoms with van der Waals surface area (Å²) in [7, 11) is 0. The van der Waals surface area contributed by atoms with Gasteiger partial charge in [0.2, 0.25) is 5.91 Å². The Bertz CT molecular complexity index is 801. The number of hydrogen-bond donors (Lipinski definition) is 2. The minimum absolute atomic E-state index is 0.0982. The van der Waals surface area contributed by atoms with Gasteiger partial charge in [0.25, 0.3) is 0 Å². The first-order chi connectivity index (χ1) is 12.6. The van der Waals surface area contributed by atoms with Crippen molar-refractivity contribution in [3.8, 4) is 10.6 Å². The van der Waals surface area contributed by atoms with E-state index >= 15 is 0 Å². The number of hydrogen-bond acceptors (Lipinski definition) is 4. The molecule has 0 aliphatic heterocycles. The molecule has 146 valence electrons. The molecule has 0 saturated heterocycles. The predicted molar refractivity (Wildman–Crippen MR) is 95.3 cm³/mol. The first-order valence-corrected chi connectivity index (χ1v) is 9.08. The number of benzene rings is 1. The molecule has 2 aromatic rings. The maximum absolute atomic E-state index is 12.6. The summed E-state index contributed by atoms with van der Waals surface area (Å²) in [5.74, 6) is -1.45. The van der Waals surface area contributed by atoms with Crippen LogP contribution in [0.2, 0.25) is 0 Å². The van der Waals surface area contributed by atoms with E-state index in [0.29, 0.717) is 22.7 Å². The monoisotopic (exact) mass is 400 g/mol. The summed E-state index contributed by atoms with van der Waals surface area (Å²) in [4.78, 5) is 27.5. The zero-order chi connectivity index (χ0) is 20.2. The van der Waals surface area contributed by atoms with Crippen LogP contribution in [-0.4, -0.2) is 28.0 Å². The van der Waals surface area contributed by atoms with E-state index in [4.69, 9.17) is 5.11 Å².